The summed E-state index contributed by atoms with van der Waals surface area (Å²) in [7, 11) is 3.42. The summed E-state index contributed by atoms with van der Waals surface area (Å²) in [5.74, 6) is -2.15. The predicted molar refractivity (Wildman–Crippen MR) is 124 cm³/mol. The van der Waals surface area contributed by atoms with Gasteiger partial charge < -0.3 is 21.5 Å². The molecule has 0 bridgehead atoms. The minimum atomic E-state index is -0.780. The van der Waals surface area contributed by atoms with Gasteiger partial charge in [0.25, 0.3) is 5.91 Å². The van der Waals surface area contributed by atoms with Crippen LogP contribution < -0.4 is 16.8 Å². The number of carbonyl (C=O) groups is 1. The highest BCUT2D eigenvalue weighted by Gasteiger charge is 2.26. The maximum atomic E-state index is 14.2. The van der Waals surface area contributed by atoms with Crippen LogP contribution in [-0.2, 0) is 11.8 Å². The van der Waals surface area contributed by atoms with Crippen molar-refractivity contribution in [2.45, 2.75) is 31.4 Å². The summed E-state index contributed by atoms with van der Waals surface area (Å²) in [6.45, 7) is 0. The summed E-state index contributed by atoms with van der Waals surface area (Å²) < 4.78 is 35.4. The van der Waals surface area contributed by atoms with E-state index in [1.807, 2.05) is 6.08 Å². The molecule has 2 heterocycles. The molecule has 8 nitrogen and oxygen atoms in total. The Balaban J connectivity index is 1.61. The van der Waals surface area contributed by atoms with Crippen molar-refractivity contribution >= 4 is 33.5 Å². The molecule has 0 unspecified atom stereocenters. The molecule has 1 amide bonds. The maximum Gasteiger partial charge on any atom is 0.277 e. The number of hydrogen-bond donors (Lipinski definition) is 3. The normalized spacial score (nSPS) is 18.6. The molecule has 0 spiro atoms. The molecule has 0 saturated heterocycles. The van der Waals surface area contributed by atoms with Crippen molar-refractivity contribution in [3.05, 3.63) is 53.5 Å². The fourth-order valence-corrected chi connectivity index (χ4v) is 4.80. The van der Waals surface area contributed by atoms with Crippen molar-refractivity contribution in [3.63, 3.8) is 0 Å². The van der Waals surface area contributed by atoms with Gasteiger partial charge in [0.05, 0.1) is 29.2 Å². The standard InChI is InChI=1S/C22H24F2N6O2S/c1-30-19(11-6-8-14(25)16(32-2)9-7-11)15(10-27-30)28-21(31)18-20(26)33-22(29-18)17-12(23)4-3-5-13(17)24/h3-5,7,10,14,16H,6,8-9,25-26H2,1-2H3,(H,28,31)/t14-,16-/m0/s1. The molecule has 0 fully saturated rings. The van der Waals surface area contributed by atoms with E-state index in [1.165, 1.54) is 12.3 Å². The highest BCUT2D eigenvalue weighted by molar-refractivity contribution is 7.19. The van der Waals surface area contributed by atoms with Gasteiger partial charge in [-0.2, -0.15) is 5.10 Å². The molecule has 5 N–H and O–H groups in total. The second-order valence-corrected chi connectivity index (χ2v) is 8.79. The average molecular weight is 475 g/mol. The Morgan fingerprint density at radius 3 is 2.76 bits per heavy atom. The molecule has 0 aliphatic heterocycles. The van der Waals surface area contributed by atoms with Crippen LogP contribution >= 0.6 is 11.3 Å². The molecule has 11 heteroatoms. The molecule has 174 valence electrons. The first-order valence-electron chi connectivity index (χ1n) is 10.3. The van der Waals surface area contributed by atoms with E-state index in [2.05, 4.69) is 15.4 Å². The summed E-state index contributed by atoms with van der Waals surface area (Å²) in [5.41, 5.74) is 14.0. The number of carbonyl (C=O) groups excluding carboxylic acids is 1. The Hall–Kier alpha value is -3.15. The highest BCUT2D eigenvalue weighted by atomic mass is 32.1. The van der Waals surface area contributed by atoms with Crippen LogP contribution in [0.5, 0.6) is 0 Å². The fraction of sp³-hybridized carbons (Fsp3) is 0.318. The number of nitrogens with two attached hydrogens (primary N) is 2. The molecule has 0 saturated carbocycles. The first kappa shape index (κ1) is 23.0. The molecular formula is C22H24F2N6O2S. The number of allylic oxidation sites excluding steroid dienone is 1. The average Bonchev–Trinajstić information content (AvgIpc) is 3.26. The molecule has 1 aliphatic carbocycles. The number of halogens is 2. The van der Waals surface area contributed by atoms with Crippen LogP contribution in [0, 0.1) is 11.6 Å². The van der Waals surface area contributed by atoms with Gasteiger partial charge in [-0.3, -0.25) is 9.48 Å². The number of thiazole rings is 1. The molecule has 2 aromatic heterocycles. The molecule has 4 rings (SSSR count). The second kappa shape index (κ2) is 9.38. The van der Waals surface area contributed by atoms with E-state index in [9.17, 15) is 13.6 Å². The van der Waals surface area contributed by atoms with E-state index in [0.29, 0.717) is 18.5 Å². The lowest BCUT2D eigenvalue weighted by Gasteiger charge is -2.18. The molecular weight excluding hydrogens is 450 g/mol. The van der Waals surface area contributed by atoms with Gasteiger partial charge in [0.15, 0.2) is 5.69 Å². The van der Waals surface area contributed by atoms with Crippen molar-refractivity contribution < 1.29 is 18.3 Å². The Morgan fingerprint density at radius 1 is 1.33 bits per heavy atom. The summed E-state index contributed by atoms with van der Waals surface area (Å²) in [6, 6.07) is 3.41. The van der Waals surface area contributed by atoms with Gasteiger partial charge in [0.1, 0.15) is 21.6 Å². The summed E-state index contributed by atoms with van der Waals surface area (Å²) >= 11 is 0.844. The van der Waals surface area contributed by atoms with Gasteiger partial charge in [-0.1, -0.05) is 23.5 Å². The minimum absolute atomic E-state index is 0.00858. The van der Waals surface area contributed by atoms with E-state index >= 15 is 0 Å². The molecule has 0 radical (unpaired) electrons. The van der Waals surface area contributed by atoms with Gasteiger partial charge >= 0.3 is 0 Å². The molecule has 1 aliphatic rings. The topological polar surface area (TPSA) is 121 Å². The van der Waals surface area contributed by atoms with Crippen LogP contribution in [0.25, 0.3) is 16.1 Å². The predicted octanol–water partition coefficient (Wildman–Crippen LogP) is 3.57. The van der Waals surface area contributed by atoms with Crippen LogP contribution in [0.1, 0.15) is 35.4 Å². The van der Waals surface area contributed by atoms with Crippen LogP contribution in [0.15, 0.2) is 30.5 Å². The lowest BCUT2D eigenvalue weighted by atomic mass is 10.0. The van der Waals surface area contributed by atoms with E-state index in [-0.39, 0.29) is 33.4 Å². The largest absolute Gasteiger partial charge is 0.389 e. The van der Waals surface area contributed by atoms with Gasteiger partial charge in [0, 0.05) is 20.2 Å². The van der Waals surface area contributed by atoms with E-state index in [0.717, 1.165) is 41.2 Å². The van der Waals surface area contributed by atoms with E-state index in [1.54, 1.807) is 18.8 Å². The van der Waals surface area contributed by atoms with Gasteiger partial charge in [0.2, 0.25) is 0 Å². The van der Waals surface area contributed by atoms with Gasteiger partial charge in [-0.15, -0.1) is 0 Å². The van der Waals surface area contributed by atoms with E-state index < -0.39 is 17.5 Å². The molecule has 3 aromatic rings. The number of amides is 1. The number of aromatic nitrogens is 3. The number of hydrogen-bond acceptors (Lipinski definition) is 7. The zero-order valence-electron chi connectivity index (χ0n) is 18.1. The zero-order valence-corrected chi connectivity index (χ0v) is 19.0. The lowest BCUT2D eigenvalue weighted by molar-refractivity contribution is 0.0822. The smallest absolute Gasteiger partial charge is 0.277 e. The minimum Gasteiger partial charge on any atom is -0.389 e. The maximum absolute atomic E-state index is 14.2. The van der Waals surface area contributed by atoms with Gasteiger partial charge in [-0.05, 0) is 37.0 Å². The van der Waals surface area contributed by atoms with Crippen LogP contribution in [0.4, 0.5) is 19.5 Å². The number of aryl methyl sites for hydroxylation is 1. The number of nitrogens with zero attached hydrogens (tertiary/aromatic N) is 3. The number of benzene rings is 1. The van der Waals surface area contributed by atoms with Crippen LogP contribution in [-0.4, -0.2) is 39.9 Å². The lowest BCUT2D eigenvalue weighted by Crippen LogP contribution is -2.34. The van der Waals surface area contributed by atoms with Crippen molar-refractivity contribution in [3.8, 4) is 10.6 Å². The van der Waals surface area contributed by atoms with E-state index in [4.69, 9.17) is 16.2 Å². The second-order valence-electron chi connectivity index (χ2n) is 7.75. The number of anilines is 2. The third-order valence-corrected chi connectivity index (χ3v) is 6.56. The summed E-state index contributed by atoms with van der Waals surface area (Å²) in [6.07, 6.45) is 5.55. The molecule has 33 heavy (non-hydrogen) atoms. The SMILES string of the molecule is CO[C@H]1CC=C(c2c(NC(=O)c3nc(-c4c(F)cccc4F)sc3N)cnn2C)CC[C@@H]1N. The Bertz CT molecular complexity index is 1200. The van der Waals surface area contributed by atoms with Crippen molar-refractivity contribution in [1.29, 1.82) is 0 Å². The van der Waals surface area contributed by atoms with Crippen molar-refractivity contribution in [2.75, 3.05) is 18.2 Å². The first-order valence-corrected chi connectivity index (χ1v) is 11.1. The Kier molecular flexibility index (Phi) is 6.54. The number of ether oxygens (including phenoxy) is 1. The zero-order chi connectivity index (χ0) is 23.7. The number of nitrogen functional groups attached to an aromatic ring is 1. The third-order valence-electron chi connectivity index (χ3n) is 5.66. The number of rotatable bonds is 5. The number of nitrogens with one attached hydrogen (secondary N) is 1. The highest BCUT2D eigenvalue weighted by Crippen LogP contribution is 2.35. The first-order chi connectivity index (χ1) is 15.8. The summed E-state index contributed by atoms with van der Waals surface area (Å²) in [5, 5.41) is 7.11. The Labute approximate surface area is 193 Å². The quantitative estimate of drug-likeness (QED) is 0.520. The van der Waals surface area contributed by atoms with Crippen LogP contribution in [0.3, 0.4) is 0 Å². The molecule has 1 aromatic carbocycles. The monoisotopic (exact) mass is 474 g/mol. The third kappa shape index (κ3) is 4.52. The van der Waals surface area contributed by atoms with Crippen molar-refractivity contribution in [1.82, 2.24) is 14.8 Å². The molecule has 2 atom stereocenters. The van der Waals surface area contributed by atoms with Crippen LogP contribution in [0.2, 0.25) is 0 Å². The Morgan fingerprint density at radius 2 is 2.06 bits per heavy atom. The fourth-order valence-electron chi connectivity index (χ4n) is 3.92. The summed E-state index contributed by atoms with van der Waals surface area (Å²) in [4.78, 5) is 17.1. The van der Waals surface area contributed by atoms with Gasteiger partial charge in [-0.25, -0.2) is 13.8 Å². The number of methoxy groups -OCH3 is 1. The van der Waals surface area contributed by atoms with Crippen molar-refractivity contribution in [2.24, 2.45) is 12.8 Å².